The summed E-state index contributed by atoms with van der Waals surface area (Å²) in [5, 5.41) is 0. The summed E-state index contributed by atoms with van der Waals surface area (Å²) in [7, 11) is 0. The van der Waals surface area contributed by atoms with Crippen LogP contribution in [0.3, 0.4) is 0 Å². The van der Waals surface area contributed by atoms with Crippen molar-refractivity contribution < 1.29 is 10.2 Å². The summed E-state index contributed by atoms with van der Waals surface area (Å²) in [6.07, 6.45) is 0.954. The molecule has 0 saturated carbocycles. The molecule has 0 unspecified atom stereocenters. The number of para-hydroxylation sites is 1. The van der Waals surface area contributed by atoms with Crippen LogP contribution in [0.4, 0.5) is 0 Å². The lowest BCUT2D eigenvalue weighted by Gasteiger charge is -2.05. The summed E-state index contributed by atoms with van der Waals surface area (Å²) in [5.41, 5.74) is 1.31. The van der Waals surface area contributed by atoms with Gasteiger partial charge in [-0.05, 0) is 17.7 Å². The minimum absolute atomic E-state index is 0. The lowest BCUT2D eigenvalue weighted by atomic mass is 10.2. The second kappa shape index (κ2) is 8.36. The Hall–Kier alpha value is -1.80. The molecule has 92 valence electrons. The van der Waals surface area contributed by atoms with E-state index in [0.29, 0.717) is 0 Å². The van der Waals surface area contributed by atoms with E-state index in [2.05, 4.69) is 24.3 Å². The Balaban J connectivity index is 0.00000128. The summed E-state index contributed by atoms with van der Waals surface area (Å²) in [5.74, 6) is 0.938. The van der Waals surface area contributed by atoms with E-state index < -0.39 is 0 Å². The van der Waals surface area contributed by atoms with E-state index in [-0.39, 0.29) is 12.9 Å². The Bertz CT molecular complexity index is 345. The smallest absolute Gasteiger partial charge is 0.119 e. The summed E-state index contributed by atoms with van der Waals surface area (Å²) in [6.45, 7) is 0.730. The minimum atomic E-state index is 0. The average molecular weight is 232 g/mol. The van der Waals surface area contributed by atoms with E-state index in [1.165, 1.54) is 5.56 Å². The standard InChI is InChI=1S/C14H14O.CH4.H2O/c1-3-7-13(8-4-1)11-12-15-14-9-5-2-6-10-14;;/h1-10H,11-12H2;1H4;1H2. The zero-order valence-electron chi connectivity index (χ0n) is 9.10. The topological polar surface area (TPSA) is 40.7 Å². The van der Waals surface area contributed by atoms with E-state index in [1.807, 2.05) is 36.4 Å². The predicted molar refractivity (Wildman–Crippen MR) is 72.4 cm³/mol. The molecule has 0 amide bonds. The van der Waals surface area contributed by atoms with Gasteiger partial charge >= 0.3 is 0 Å². The first-order chi connectivity index (χ1) is 7.45. The molecule has 0 bridgehead atoms. The first-order valence-electron chi connectivity index (χ1n) is 5.17. The molecule has 0 aliphatic carbocycles. The molecule has 0 aliphatic rings. The first kappa shape index (κ1) is 15.2. The number of rotatable bonds is 4. The summed E-state index contributed by atoms with van der Waals surface area (Å²) in [6, 6.07) is 20.3. The highest BCUT2D eigenvalue weighted by molar-refractivity contribution is 5.21. The number of benzene rings is 2. The van der Waals surface area contributed by atoms with Crippen LogP contribution >= 0.6 is 0 Å². The molecular formula is C15H20O2. The maximum absolute atomic E-state index is 5.61. The van der Waals surface area contributed by atoms with Crippen LogP contribution in [0.5, 0.6) is 5.75 Å². The highest BCUT2D eigenvalue weighted by Gasteiger charge is 1.93. The third-order valence-corrected chi connectivity index (χ3v) is 2.25. The quantitative estimate of drug-likeness (QED) is 0.798. The largest absolute Gasteiger partial charge is 0.493 e. The van der Waals surface area contributed by atoms with Gasteiger partial charge in [0.15, 0.2) is 0 Å². The molecule has 2 N–H and O–H groups in total. The number of hydrogen-bond acceptors (Lipinski definition) is 1. The van der Waals surface area contributed by atoms with Gasteiger partial charge in [0, 0.05) is 6.42 Å². The van der Waals surface area contributed by atoms with Gasteiger partial charge in [-0.25, -0.2) is 0 Å². The van der Waals surface area contributed by atoms with Crippen LogP contribution in [0.15, 0.2) is 60.7 Å². The highest BCUT2D eigenvalue weighted by atomic mass is 16.5. The second-order valence-corrected chi connectivity index (χ2v) is 3.40. The van der Waals surface area contributed by atoms with Gasteiger partial charge in [-0.2, -0.15) is 0 Å². The van der Waals surface area contributed by atoms with Crippen molar-refractivity contribution in [1.82, 2.24) is 0 Å². The van der Waals surface area contributed by atoms with Crippen molar-refractivity contribution >= 4 is 0 Å². The van der Waals surface area contributed by atoms with Crippen molar-refractivity contribution in [1.29, 1.82) is 0 Å². The Morgan fingerprint density at radius 1 is 0.765 bits per heavy atom. The highest BCUT2D eigenvalue weighted by Crippen LogP contribution is 2.09. The van der Waals surface area contributed by atoms with Crippen LogP contribution in [-0.2, 0) is 6.42 Å². The molecule has 2 rings (SSSR count). The van der Waals surface area contributed by atoms with E-state index in [1.54, 1.807) is 0 Å². The molecule has 2 heteroatoms. The normalized spacial score (nSPS) is 8.71. The van der Waals surface area contributed by atoms with Crippen molar-refractivity contribution in [2.45, 2.75) is 13.8 Å². The van der Waals surface area contributed by atoms with Crippen LogP contribution in [0.2, 0.25) is 0 Å². The molecule has 0 aromatic heterocycles. The van der Waals surface area contributed by atoms with Gasteiger partial charge in [-0.15, -0.1) is 0 Å². The van der Waals surface area contributed by atoms with Gasteiger partial charge in [0.2, 0.25) is 0 Å². The van der Waals surface area contributed by atoms with E-state index >= 15 is 0 Å². The van der Waals surface area contributed by atoms with Gasteiger partial charge in [0.25, 0.3) is 0 Å². The lowest BCUT2D eigenvalue weighted by molar-refractivity contribution is 0.322. The molecule has 0 atom stereocenters. The fourth-order valence-corrected chi connectivity index (χ4v) is 1.45. The third-order valence-electron chi connectivity index (χ3n) is 2.25. The summed E-state index contributed by atoms with van der Waals surface area (Å²) in [4.78, 5) is 0. The van der Waals surface area contributed by atoms with E-state index in [4.69, 9.17) is 4.74 Å². The molecule has 2 aromatic rings. The van der Waals surface area contributed by atoms with Crippen LogP contribution < -0.4 is 4.74 Å². The Morgan fingerprint density at radius 3 is 1.88 bits per heavy atom. The first-order valence-corrected chi connectivity index (χ1v) is 5.17. The third kappa shape index (κ3) is 5.18. The monoisotopic (exact) mass is 232 g/mol. The molecule has 0 spiro atoms. The zero-order valence-corrected chi connectivity index (χ0v) is 9.10. The van der Waals surface area contributed by atoms with E-state index in [9.17, 15) is 0 Å². The molecule has 0 radical (unpaired) electrons. The van der Waals surface area contributed by atoms with Gasteiger partial charge in [-0.1, -0.05) is 56.0 Å². The average Bonchev–Trinajstić information content (AvgIpc) is 2.32. The van der Waals surface area contributed by atoms with Gasteiger partial charge in [0.1, 0.15) is 5.75 Å². The Kier molecular flexibility index (Phi) is 7.48. The predicted octanol–water partition coefficient (Wildman–Crippen LogP) is 3.12. The van der Waals surface area contributed by atoms with Crippen LogP contribution in [0.1, 0.15) is 13.0 Å². The Morgan fingerprint density at radius 2 is 1.29 bits per heavy atom. The molecule has 2 aromatic carbocycles. The van der Waals surface area contributed by atoms with E-state index in [0.717, 1.165) is 18.8 Å². The number of hydrogen-bond donors (Lipinski definition) is 0. The van der Waals surface area contributed by atoms with Crippen LogP contribution in [0.25, 0.3) is 0 Å². The van der Waals surface area contributed by atoms with Gasteiger partial charge in [-0.3, -0.25) is 0 Å². The van der Waals surface area contributed by atoms with Crippen molar-refractivity contribution in [2.24, 2.45) is 0 Å². The fourth-order valence-electron chi connectivity index (χ4n) is 1.45. The maximum atomic E-state index is 5.61. The van der Waals surface area contributed by atoms with Crippen molar-refractivity contribution in [3.8, 4) is 5.75 Å². The second-order valence-electron chi connectivity index (χ2n) is 3.40. The van der Waals surface area contributed by atoms with Crippen molar-refractivity contribution in [3.63, 3.8) is 0 Å². The zero-order chi connectivity index (χ0) is 10.3. The van der Waals surface area contributed by atoms with Gasteiger partial charge < -0.3 is 10.2 Å². The van der Waals surface area contributed by atoms with Gasteiger partial charge in [0.05, 0.1) is 6.61 Å². The van der Waals surface area contributed by atoms with Crippen LogP contribution in [0, 0.1) is 0 Å². The SMILES string of the molecule is C.O.c1ccc(CCOc2ccccc2)cc1. The van der Waals surface area contributed by atoms with Crippen molar-refractivity contribution in [2.75, 3.05) is 6.61 Å². The molecule has 0 aliphatic heterocycles. The molecule has 17 heavy (non-hydrogen) atoms. The molecule has 0 heterocycles. The molecular weight excluding hydrogens is 212 g/mol. The summed E-state index contributed by atoms with van der Waals surface area (Å²) < 4.78 is 5.61. The van der Waals surface area contributed by atoms with Crippen LogP contribution in [-0.4, -0.2) is 12.1 Å². The van der Waals surface area contributed by atoms with Crippen molar-refractivity contribution in [3.05, 3.63) is 66.2 Å². The maximum Gasteiger partial charge on any atom is 0.119 e. The molecule has 0 saturated heterocycles. The minimum Gasteiger partial charge on any atom is -0.493 e. The fraction of sp³-hybridized carbons (Fsp3) is 0.200. The summed E-state index contributed by atoms with van der Waals surface area (Å²) >= 11 is 0. The number of ether oxygens (including phenoxy) is 1. The molecule has 0 fully saturated rings. The lowest BCUT2D eigenvalue weighted by Crippen LogP contribution is -2.00. The molecule has 2 nitrogen and oxygen atoms in total. The Labute approximate surface area is 103 Å².